The molecule has 0 aliphatic rings. The summed E-state index contributed by atoms with van der Waals surface area (Å²) in [7, 11) is 0. The van der Waals surface area contributed by atoms with E-state index in [1.165, 1.54) is 0 Å². The summed E-state index contributed by atoms with van der Waals surface area (Å²) in [5, 5.41) is 6.07. The normalized spacial score (nSPS) is 12.6. The fourth-order valence-electron chi connectivity index (χ4n) is 8.07. The molecule has 11 aromatic rings. The van der Waals surface area contributed by atoms with E-state index >= 15 is 0 Å². The van der Waals surface area contributed by atoms with E-state index in [1.54, 1.807) is 0 Å². The molecule has 0 unspecified atom stereocenters. The lowest BCUT2D eigenvalue weighted by molar-refractivity contribution is 0.668. The van der Waals surface area contributed by atoms with Crippen LogP contribution in [-0.4, -0.2) is 11.7 Å². The standard InChI is InChI=1S/C51H33N3O3/c52-50(54-51(53-30-31-12-3-1-4-13-31)34-22-24-37-36-16-7-9-19-42(36)56-46(37)28-34)39-18-11-21-45-49(39)41-26-33(23-25-44(41)55-45)40-27-35(32-14-5-2-6-15-32)29-47-48(40)38-17-8-10-20-43(38)57-47/h1-29H,30H2,(H2,52,53,54). The van der Waals surface area contributed by atoms with E-state index in [9.17, 15) is 0 Å². The van der Waals surface area contributed by atoms with Gasteiger partial charge in [0.2, 0.25) is 0 Å². The van der Waals surface area contributed by atoms with Gasteiger partial charge in [-0.15, -0.1) is 0 Å². The Hall–Kier alpha value is -7.70. The van der Waals surface area contributed by atoms with Crippen molar-refractivity contribution in [2.75, 3.05) is 0 Å². The molecule has 0 saturated carbocycles. The lowest BCUT2D eigenvalue weighted by atomic mass is 9.93. The maximum absolute atomic E-state index is 7.04. The first-order valence-corrected chi connectivity index (χ1v) is 19.0. The summed E-state index contributed by atoms with van der Waals surface area (Å²) in [6.45, 7) is 0.437. The number of aliphatic imine (C=N–C) groups is 2. The van der Waals surface area contributed by atoms with Crippen molar-refractivity contribution in [3.8, 4) is 22.3 Å². The zero-order chi connectivity index (χ0) is 37.9. The predicted octanol–water partition coefficient (Wildman–Crippen LogP) is 13.1. The summed E-state index contributed by atoms with van der Waals surface area (Å²) < 4.78 is 19.2. The van der Waals surface area contributed by atoms with E-state index in [0.29, 0.717) is 18.2 Å². The zero-order valence-electron chi connectivity index (χ0n) is 30.6. The first-order valence-electron chi connectivity index (χ1n) is 19.0. The second-order valence-electron chi connectivity index (χ2n) is 14.3. The van der Waals surface area contributed by atoms with Crippen LogP contribution in [0.5, 0.6) is 0 Å². The van der Waals surface area contributed by atoms with Crippen molar-refractivity contribution in [2.24, 2.45) is 15.7 Å². The van der Waals surface area contributed by atoms with Gasteiger partial charge in [0.05, 0.1) is 6.54 Å². The summed E-state index contributed by atoms with van der Waals surface area (Å²) in [5.74, 6) is 0.843. The molecule has 0 saturated heterocycles. The van der Waals surface area contributed by atoms with E-state index in [0.717, 1.165) is 105 Å². The Balaban J connectivity index is 1.08. The number of para-hydroxylation sites is 2. The van der Waals surface area contributed by atoms with Gasteiger partial charge in [-0.1, -0.05) is 121 Å². The van der Waals surface area contributed by atoms with Crippen molar-refractivity contribution in [3.05, 3.63) is 193 Å². The van der Waals surface area contributed by atoms with Crippen molar-refractivity contribution in [2.45, 2.75) is 6.54 Å². The summed E-state index contributed by atoms with van der Waals surface area (Å²) in [4.78, 5) is 10.1. The minimum absolute atomic E-state index is 0.333. The summed E-state index contributed by atoms with van der Waals surface area (Å²) in [6.07, 6.45) is 0. The highest BCUT2D eigenvalue weighted by Crippen LogP contribution is 2.42. The number of rotatable bonds is 6. The summed E-state index contributed by atoms with van der Waals surface area (Å²) in [6, 6.07) is 59.6. The number of hydrogen-bond acceptors (Lipinski definition) is 4. The van der Waals surface area contributed by atoms with Gasteiger partial charge in [-0.25, -0.2) is 4.99 Å². The smallest absolute Gasteiger partial charge is 0.157 e. The Morgan fingerprint density at radius 3 is 1.95 bits per heavy atom. The highest BCUT2D eigenvalue weighted by molar-refractivity contribution is 6.22. The lowest BCUT2D eigenvalue weighted by Gasteiger charge is -2.10. The van der Waals surface area contributed by atoms with Crippen LogP contribution < -0.4 is 5.73 Å². The van der Waals surface area contributed by atoms with Crippen LogP contribution in [0.1, 0.15) is 16.7 Å². The molecule has 3 aromatic heterocycles. The molecule has 0 spiro atoms. The third-order valence-electron chi connectivity index (χ3n) is 10.8. The highest BCUT2D eigenvalue weighted by atomic mass is 16.3. The van der Waals surface area contributed by atoms with Gasteiger partial charge < -0.3 is 19.0 Å². The average Bonchev–Trinajstić information content (AvgIpc) is 3.96. The zero-order valence-corrected chi connectivity index (χ0v) is 30.6. The van der Waals surface area contributed by atoms with Crippen LogP contribution in [0, 0.1) is 0 Å². The molecular formula is C51H33N3O3. The molecule has 57 heavy (non-hydrogen) atoms. The Morgan fingerprint density at radius 1 is 0.439 bits per heavy atom. The van der Waals surface area contributed by atoms with E-state index < -0.39 is 0 Å². The Morgan fingerprint density at radius 2 is 1.11 bits per heavy atom. The molecule has 6 heteroatoms. The fourth-order valence-corrected chi connectivity index (χ4v) is 8.07. The second kappa shape index (κ2) is 13.3. The number of nitrogens with two attached hydrogens (primary N) is 1. The second-order valence-corrected chi connectivity index (χ2v) is 14.3. The summed E-state index contributed by atoms with van der Waals surface area (Å²) >= 11 is 0. The topological polar surface area (TPSA) is 90.2 Å². The number of benzene rings is 8. The van der Waals surface area contributed by atoms with Crippen LogP contribution >= 0.6 is 0 Å². The molecule has 0 aliphatic carbocycles. The molecule has 0 amide bonds. The van der Waals surface area contributed by atoms with Crippen LogP contribution in [0.15, 0.2) is 199 Å². The number of amidine groups is 2. The van der Waals surface area contributed by atoms with Crippen LogP contribution in [-0.2, 0) is 6.54 Å². The number of fused-ring (bicyclic) bond motifs is 9. The first kappa shape index (κ1) is 32.7. The van der Waals surface area contributed by atoms with Gasteiger partial charge in [-0.3, -0.25) is 4.99 Å². The lowest BCUT2D eigenvalue weighted by Crippen LogP contribution is -2.17. The van der Waals surface area contributed by atoms with E-state index in [4.69, 9.17) is 29.0 Å². The molecule has 0 atom stereocenters. The average molecular weight is 736 g/mol. The Kier molecular flexibility index (Phi) is 7.60. The Bertz CT molecular complexity index is 3390. The molecule has 3 heterocycles. The van der Waals surface area contributed by atoms with Crippen LogP contribution in [0.2, 0.25) is 0 Å². The number of nitrogens with zero attached hydrogens (tertiary/aromatic N) is 2. The van der Waals surface area contributed by atoms with E-state index in [2.05, 4.69) is 84.9 Å². The van der Waals surface area contributed by atoms with Crippen LogP contribution in [0.25, 0.3) is 88.1 Å². The van der Waals surface area contributed by atoms with Crippen LogP contribution in [0.4, 0.5) is 0 Å². The molecule has 0 aliphatic heterocycles. The van der Waals surface area contributed by atoms with Crippen molar-refractivity contribution in [1.29, 1.82) is 0 Å². The summed E-state index contributed by atoms with van der Waals surface area (Å²) in [5.41, 5.74) is 18.8. The van der Waals surface area contributed by atoms with Gasteiger partial charge in [-0.2, -0.15) is 0 Å². The minimum atomic E-state index is 0.333. The van der Waals surface area contributed by atoms with Crippen molar-refractivity contribution in [3.63, 3.8) is 0 Å². The van der Waals surface area contributed by atoms with Gasteiger partial charge >= 0.3 is 0 Å². The maximum Gasteiger partial charge on any atom is 0.157 e. The molecule has 8 aromatic carbocycles. The van der Waals surface area contributed by atoms with E-state index in [-0.39, 0.29) is 0 Å². The predicted molar refractivity (Wildman–Crippen MR) is 233 cm³/mol. The van der Waals surface area contributed by atoms with Crippen molar-refractivity contribution >= 4 is 77.5 Å². The van der Waals surface area contributed by atoms with E-state index in [1.807, 2.05) is 91.0 Å². The number of furan rings is 3. The molecule has 0 radical (unpaired) electrons. The Labute approximate surface area is 326 Å². The quantitative estimate of drug-likeness (QED) is 0.136. The molecule has 0 fully saturated rings. The van der Waals surface area contributed by atoms with Gasteiger partial charge in [0.1, 0.15) is 39.3 Å². The largest absolute Gasteiger partial charge is 0.456 e. The molecule has 0 bridgehead atoms. The molecule has 11 rings (SSSR count). The molecule has 270 valence electrons. The van der Waals surface area contributed by atoms with Gasteiger partial charge in [0.25, 0.3) is 0 Å². The molecule has 6 nitrogen and oxygen atoms in total. The van der Waals surface area contributed by atoms with Gasteiger partial charge in [-0.05, 0) is 82.4 Å². The molecular weight excluding hydrogens is 703 g/mol. The van der Waals surface area contributed by atoms with Crippen LogP contribution in [0.3, 0.4) is 0 Å². The highest BCUT2D eigenvalue weighted by Gasteiger charge is 2.19. The van der Waals surface area contributed by atoms with Gasteiger partial charge in [0.15, 0.2) is 5.84 Å². The third kappa shape index (κ3) is 5.66. The number of hydrogen-bond donors (Lipinski definition) is 1. The van der Waals surface area contributed by atoms with Gasteiger partial charge in [0, 0.05) is 43.4 Å². The maximum atomic E-state index is 7.04. The van der Waals surface area contributed by atoms with Crippen molar-refractivity contribution in [1.82, 2.24) is 0 Å². The minimum Gasteiger partial charge on any atom is -0.456 e. The van der Waals surface area contributed by atoms with Crippen molar-refractivity contribution < 1.29 is 13.3 Å². The first-order chi connectivity index (χ1) is 28.1. The third-order valence-corrected chi connectivity index (χ3v) is 10.8. The molecule has 2 N–H and O–H groups in total. The monoisotopic (exact) mass is 735 g/mol. The fraction of sp³-hybridized carbons (Fsp3) is 0.0196. The SMILES string of the molecule is NC(=NC(=NCc1ccccc1)c1ccc2c(c1)oc1ccccc12)c1cccc2oc3ccc(-c4cc(-c5ccccc5)cc5oc6ccccc6c45)cc3c12.